The van der Waals surface area contributed by atoms with Gasteiger partial charge in [0.2, 0.25) is 5.91 Å². The van der Waals surface area contributed by atoms with Gasteiger partial charge >= 0.3 is 0 Å². The van der Waals surface area contributed by atoms with Crippen LogP contribution in [0.5, 0.6) is 0 Å². The largest absolute Gasteiger partial charge is 0.432 e. The minimum Gasteiger partial charge on any atom is -0.432 e. The van der Waals surface area contributed by atoms with Gasteiger partial charge in [-0.2, -0.15) is 0 Å². The fraction of sp³-hybridized carbons (Fsp3) is 0.514. The molecule has 2 saturated heterocycles. The van der Waals surface area contributed by atoms with E-state index < -0.39 is 80.0 Å². The van der Waals surface area contributed by atoms with Crippen LogP contribution < -0.4 is 10.2 Å². The Hall–Kier alpha value is -3.51. The molecule has 3 amide bonds. The van der Waals surface area contributed by atoms with Crippen LogP contribution in [0.1, 0.15) is 30.0 Å². The molecular weight excluding hydrogens is 666 g/mol. The number of aliphatic hydroxyl groups is 5. The predicted octanol–water partition coefficient (Wildman–Crippen LogP) is 0.0913. The molecule has 0 saturated carbocycles. The van der Waals surface area contributed by atoms with E-state index >= 15 is 0 Å². The maximum Gasteiger partial charge on any atom is 0.264 e. The minimum absolute atomic E-state index is 0.134. The SMILES string of the molecule is C=CCN1C(=O)[C@]2(O[C@H](CC(=O)N3Cc4ccccc4C[C@H]3CO)[C@@H]([Si](C)(C)O)[C@@H]2C)c2cc(NC(=O)[C@H]3O[C@@H](O)[C@H](O)[C@@H](O)[C@@H]3O)ccc21. The molecule has 270 valence electrons. The summed E-state index contributed by atoms with van der Waals surface area (Å²) in [6.45, 7) is 9.32. The smallest absolute Gasteiger partial charge is 0.264 e. The molecule has 14 nitrogen and oxygen atoms in total. The minimum atomic E-state index is -3.14. The molecule has 6 rings (SSSR count). The molecule has 1 spiro atoms. The highest BCUT2D eigenvalue weighted by molar-refractivity contribution is 6.71. The second-order valence-electron chi connectivity index (χ2n) is 14.2. The van der Waals surface area contributed by atoms with Crippen molar-refractivity contribution < 1.29 is 54.2 Å². The Bertz CT molecular complexity index is 1670. The lowest BCUT2D eigenvalue weighted by molar-refractivity contribution is -0.274. The number of aliphatic hydroxyl groups excluding tert-OH is 5. The number of anilines is 2. The number of amides is 3. The van der Waals surface area contributed by atoms with Gasteiger partial charge in [-0.05, 0) is 48.8 Å². The number of ether oxygens (including phenoxy) is 2. The zero-order valence-electron chi connectivity index (χ0n) is 28.2. The van der Waals surface area contributed by atoms with Crippen molar-refractivity contribution in [3.8, 4) is 0 Å². The van der Waals surface area contributed by atoms with Crippen LogP contribution in [0, 0.1) is 5.92 Å². The maximum absolute atomic E-state index is 14.5. The van der Waals surface area contributed by atoms with E-state index in [2.05, 4.69) is 11.9 Å². The Kier molecular flexibility index (Phi) is 9.84. The second-order valence-corrected chi connectivity index (χ2v) is 18.2. The number of nitrogens with one attached hydrogen (secondary N) is 1. The summed E-state index contributed by atoms with van der Waals surface area (Å²) in [5, 5.41) is 53.1. The molecule has 10 atom stereocenters. The standard InChI is InChI=1S/C35H45N3O11Si/c1-5-12-37-24-11-10-21(36-32(44)30-28(42)27(41)29(43)33(45)48-30)14-23(24)35(34(37)46)18(2)31(50(3,4)47)25(49-35)15-26(40)38-16-20-9-7-6-8-19(20)13-22(38)17-39/h5-11,14,18,22,25,27-31,33,39,41-43,45,47H,1,12-13,15-17H2,2-4H3,(H,36,44)/t18-,22-,25+,27-,28-,29+,30-,31-,33+,35+/m0/s1. The molecular formula is C35H45N3O11Si. The first-order valence-electron chi connectivity index (χ1n) is 16.8. The van der Waals surface area contributed by atoms with Gasteiger partial charge in [0.1, 0.15) is 18.3 Å². The normalized spacial score (nSPS) is 33.7. The number of rotatable bonds is 8. The van der Waals surface area contributed by atoms with Crippen molar-refractivity contribution in [2.45, 2.75) is 93.4 Å². The van der Waals surface area contributed by atoms with Gasteiger partial charge in [-0.15, -0.1) is 6.58 Å². The first kappa shape index (κ1) is 36.3. The van der Waals surface area contributed by atoms with E-state index in [0.717, 1.165) is 11.1 Å². The Morgan fingerprint density at radius 1 is 1.08 bits per heavy atom. The van der Waals surface area contributed by atoms with Crippen molar-refractivity contribution >= 4 is 37.4 Å². The molecule has 4 aliphatic heterocycles. The number of carbonyl (C=O) groups is 3. The number of fused-ring (bicyclic) bond motifs is 3. The summed E-state index contributed by atoms with van der Waals surface area (Å²) in [6.07, 6.45) is -8.08. The van der Waals surface area contributed by atoms with Gasteiger partial charge in [-0.1, -0.05) is 37.3 Å². The average molecular weight is 712 g/mol. The molecule has 0 unspecified atom stereocenters. The van der Waals surface area contributed by atoms with Gasteiger partial charge in [-0.25, -0.2) is 0 Å². The summed E-state index contributed by atoms with van der Waals surface area (Å²) in [6, 6.07) is 12.0. The molecule has 2 aromatic carbocycles. The van der Waals surface area contributed by atoms with E-state index in [9.17, 15) is 44.7 Å². The molecule has 7 N–H and O–H groups in total. The quantitative estimate of drug-likeness (QED) is 0.144. The highest BCUT2D eigenvalue weighted by Crippen LogP contribution is 2.60. The van der Waals surface area contributed by atoms with Crippen LogP contribution in [-0.4, -0.2) is 117 Å². The van der Waals surface area contributed by atoms with E-state index in [1.54, 1.807) is 36.2 Å². The van der Waals surface area contributed by atoms with Crippen LogP contribution >= 0.6 is 0 Å². The number of benzene rings is 2. The monoisotopic (exact) mass is 711 g/mol. The van der Waals surface area contributed by atoms with E-state index in [1.165, 1.54) is 11.0 Å². The maximum atomic E-state index is 14.5. The fourth-order valence-corrected chi connectivity index (χ4v) is 10.8. The highest BCUT2D eigenvalue weighted by atomic mass is 28.4. The first-order chi connectivity index (χ1) is 23.6. The second kappa shape index (κ2) is 13.6. The Labute approximate surface area is 290 Å². The van der Waals surface area contributed by atoms with Crippen molar-refractivity contribution in [1.82, 2.24) is 4.90 Å². The van der Waals surface area contributed by atoms with Crippen molar-refractivity contribution in [3.05, 3.63) is 71.8 Å². The van der Waals surface area contributed by atoms with Crippen LogP contribution in [0.2, 0.25) is 18.6 Å². The van der Waals surface area contributed by atoms with Crippen LogP contribution in [0.4, 0.5) is 11.4 Å². The molecule has 4 aliphatic rings. The molecule has 0 aromatic heterocycles. The average Bonchev–Trinajstić information content (AvgIpc) is 3.50. The van der Waals surface area contributed by atoms with Crippen LogP contribution in [-0.2, 0) is 42.4 Å². The number of carbonyl (C=O) groups excluding carboxylic acids is 3. The number of hydrogen-bond acceptors (Lipinski definition) is 11. The molecule has 0 bridgehead atoms. The lowest BCUT2D eigenvalue weighted by Gasteiger charge is -2.37. The summed E-state index contributed by atoms with van der Waals surface area (Å²) in [7, 11) is -3.14. The number of nitrogens with zero attached hydrogens (tertiary/aromatic N) is 2. The van der Waals surface area contributed by atoms with E-state index in [4.69, 9.17) is 9.47 Å². The molecule has 15 heteroatoms. The van der Waals surface area contributed by atoms with E-state index in [0.29, 0.717) is 24.2 Å². The van der Waals surface area contributed by atoms with E-state index in [-0.39, 0.29) is 31.2 Å². The van der Waals surface area contributed by atoms with Gasteiger partial charge in [0.05, 0.1) is 30.9 Å². The fourth-order valence-electron chi connectivity index (χ4n) is 8.29. The van der Waals surface area contributed by atoms with E-state index in [1.807, 2.05) is 31.2 Å². The van der Waals surface area contributed by atoms with Crippen molar-refractivity contribution in [2.75, 3.05) is 23.4 Å². The molecule has 4 heterocycles. The summed E-state index contributed by atoms with van der Waals surface area (Å²) in [4.78, 5) is 56.6. The van der Waals surface area contributed by atoms with Crippen molar-refractivity contribution in [1.29, 1.82) is 0 Å². The lowest BCUT2D eigenvalue weighted by Crippen LogP contribution is -2.60. The molecule has 0 aliphatic carbocycles. The zero-order valence-corrected chi connectivity index (χ0v) is 29.2. The first-order valence-corrected chi connectivity index (χ1v) is 19.8. The third-order valence-corrected chi connectivity index (χ3v) is 13.2. The Morgan fingerprint density at radius 2 is 1.78 bits per heavy atom. The van der Waals surface area contributed by atoms with Gasteiger partial charge in [0.25, 0.3) is 11.8 Å². The van der Waals surface area contributed by atoms with Crippen molar-refractivity contribution in [2.24, 2.45) is 5.92 Å². The predicted molar refractivity (Wildman–Crippen MR) is 182 cm³/mol. The van der Waals surface area contributed by atoms with Crippen molar-refractivity contribution in [3.63, 3.8) is 0 Å². The topological polar surface area (TPSA) is 210 Å². The van der Waals surface area contributed by atoms with Gasteiger partial charge in [0.15, 0.2) is 26.3 Å². The summed E-state index contributed by atoms with van der Waals surface area (Å²) in [5.74, 6) is -2.22. The Morgan fingerprint density at radius 3 is 2.44 bits per heavy atom. The van der Waals surface area contributed by atoms with Gasteiger partial charge in [0, 0.05) is 35.8 Å². The summed E-state index contributed by atoms with van der Waals surface area (Å²) in [5.41, 5.74) is 0.885. The summed E-state index contributed by atoms with van der Waals surface area (Å²) < 4.78 is 11.9. The Balaban J connectivity index is 1.33. The summed E-state index contributed by atoms with van der Waals surface area (Å²) >= 11 is 0. The third-order valence-electron chi connectivity index (χ3n) is 10.7. The third kappa shape index (κ3) is 5.99. The zero-order chi connectivity index (χ0) is 36.3. The van der Waals surface area contributed by atoms with Gasteiger partial charge in [-0.3, -0.25) is 14.4 Å². The van der Waals surface area contributed by atoms with Crippen LogP contribution in [0.25, 0.3) is 0 Å². The molecule has 50 heavy (non-hydrogen) atoms. The lowest BCUT2D eigenvalue weighted by atomic mass is 9.82. The number of hydrogen-bond donors (Lipinski definition) is 7. The molecule has 2 aromatic rings. The van der Waals surface area contributed by atoms with Crippen LogP contribution in [0.3, 0.4) is 0 Å². The highest BCUT2D eigenvalue weighted by Gasteiger charge is 2.66. The van der Waals surface area contributed by atoms with Gasteiger partial charge < -0.3 is 54.9 Å². The molecule has 0 radical (unpaired) electrons. The van der Waals surface area contributed by atoms with Crippen LogP contribution in [0.15, 0.2) is 55.1 Å². The molecule has 2 fully saturated rings.